The minimum atomic E-state index is -3.99. The molecule has 2 rings (SSSR count). The molecule has 8 heteroatoms. The molecule has 1 aliphatic heterocycles. The van der Waals surface area contributed by atoms with Crippen molar-refractivity contribution in [2.75, 3.05) is 5.32 Å². The number of sulfone groups is 1. The molecule has 1 atom stereocenters. The fraction of sp³-hybridized carbons (Fsp3) is 0.273. The fourth-order valence-corrected chi connectivity index (χ4v) is 4.52. The lowest BCUT2D eigenvalue weighted by Gasteiger charge is -2.25. The van der Waals surface area contributed by atoms with Crippen molar-refractivity contribution in [2.24, 2.45) is 0 Å². The van der Waals surface area contributed by atoms with E-state index < -0.39 is 33.4 Å². The van der Waals surface area contributed by atoms with E-state index in [0.29, 0.717) is 10.0 Å². The summed E-state index contributed by atoms with van der Waals surface area (Å²) in [6.45, 7) is 1.71. The van der Waals surface area contributed by atoms with Crippen LogP contribution in [0.5, 0.6) is 0 Å². The normalized spacial score (nSPS) is 20.5. The monoisotopic (exact) mass is 347 g/mol. The van der Waals surface area contributed by atoms with Crippen LogP contribution in [-0.4, -0.2) is 30.7 Å². The fourth-order valence-electron chi connectivity index (χ4n) is 1.91. The van der Waals surface area contributed by atoms with E-state index in [1.54, 1.807) is 13.0 Å². The zero-order valence-corrected chi connectivity index (χ0v) is 12.2. The van der Waals surface area contributed by atoms with E-state index in [9.17, 15) is 18.0 Å². The summed E-state index contributed by atoms with van der Waals surface area (Å²) in [5.41, 5.74) is 0.858. The Bertz CT molecular complexity index is 683. The van der Waals surface area contributed by atoms with Gasteiger partial charge in [0.1, 0.15) is 0 Å². The van der Waals surface area contributed by atoms with Crippen molar-refractivity contribution < 1.29 is 23.1 Å². The SMILES string of the molecule is Cc1cc(Br)c2c(c1)S(=O)(=O)C(CC(=O)O)C(=O)N2. The first-order valence-electron chi connectivity index (χ1n) is 5.30. The van der Waals surface area contributed by atoms with E-state index in [0.717, 1.165) is 0 Å². The molecule has 0 saturated carbocycles. The number of hydrogen-bond acceptors (Lipinski definition) is 4. The van der Waals surface area contributed by atoms with Crippen molar-refractivity contribution in [1.29, 1.82) is 0 Å². The first-order valence-corrected chi connectivity index (χ1v) is 7.64. The Morgan fingerprint density at radius 3 is 2.68 bits per heavy atom. The number of amides is 1. The second kappa shape index (κ2) is 4.61. The molecule has 1 heterocycles. The molecular formula is C11H10BrNO5S. The minimum absolute atomic E-state index is 0.0507. The quantitative estimate of drug-likeness (QED) is 0.840. The van der Waals surface area contributed by atoms with E-state index in [-0.39, 0.29) is 10.6 Å². The highest BCUT2D eigenvalue weighted by atomic mass is 79.9. The number of carbonyl (C=O) groups excluding carboxylic acids is 1. The van der Waals surface area contributed by atoms with Gasteiger partial charge in [-0.2, -0.15) is 0 Å². The number of halogens is 1. The van der Waals surface area contributed by atoms with Crippen molar-refractivity contribution in [3.05, 3.63) is 22.2 Å². The molecule has 1 aromatic carbocycles. The first-order chi connectivity index (χ1) is 8.73. The number of rotatable bonds is 2. The predicted octanol–water partition coefficient (Wildman–Crippen LogP) is 1.33. The summed E-state index contributed by atoms with van der Waals surface area (Å²) in [7, 11) is -3.99. The molecule has 0 saturated heterocycles. The lowest BCUT2D eigenvalue weighted by molar-refractivity contribution is -0.138. The third-order valence-corrected chi connectivity index (χ3v) is 5.47. The number of fused-ring (bicyclic) bond motifs is 1. The van der Waals surface area contributed by atoms with Crippen molar-refractivity contribution in [2.45, 2.75) is 23.5 Å². The van der Waals surface area contributed by atoms with Gasteiger partial charge in [0.05, 0.1) is 17.0 Å². The Labute approximate surface area is 117 Å². The zero-order valence-electron chi connectivity index (χ0n) is 9.81. The number of benzene rings is 1. The Morgan fingerprint density at radius 1 is 1.47 bits per heavy atom. The van der Waals surface area contributed by atoms with Gasteiger partial charge in [0.15, 0.2) is 15.1 Å². The van der Waals surface area contributed by atoms with Gasteiger partial charge in [0.25, 0.3) is 0 Å². The Balaban J connectivity index is 2.65. The van der Waals surface area contributed by atoms with Crippen LogP contribution in [0.4, 0.5) is 5.69 Å². The average Bonchev–Trinajstić information content (AvgIpc) is 2.26. The van der Waals surface area contributed by atoms with Crippen LogP contribution in [0.25, 0.3) is 0 Å². The topological polar surface area (TPSA) is 101 Å². The van der Waals surface area contributed by atoms with Crippen LogP contribution in [0.15, 0.2) is 21.5 Å². The van der Waals surface area contributed by atoms with E-state index in [1.807, 2.05) is 0 Å². The lowest BCUT2D eigenvalue weighted by Crippen LogP contribution is -2.41. The largest absolute Gasteiger partial charge is 0.481 e. The molecule has 0 spiro atoms. The molecule has 0 aromatic heterocycles. The lowest BCUT2D eigenvalue weighted by atomic mass is 10.2. The summed E-state index contributed by atoms with van der Waals surface area (Å²) < 4.78 is 25.1. The molecule has 0 aliphatic carbocycles. The van der Waals surface area contributed by atoms with Gasteiger partial charge in [-0.25, -0.2) is 8.42 Å². The van der Waals surface area contributed by atoms with Crippen molar-refractivity contribution >= 4 is 43.3 Å². The van der Waals surface area contributed by atoms with Crippen LogP contribution in [0.3, 0.4) is 0 Å². The number of carboxylic acid groups (broad SMARTS) is 1. The summed E-state index contributed by atoms with van der Waals surface area (Å²) in [6.07, 6.45) is -0.751. The van der Waals surface area contributed by atoms with Crippen LogP contribution < -0.4 is 5.32 Å². The van der Waals surface area contributed by atoms with Crippen molar-refractivity contribution in [3.8, 4) is 0 Å². The van der Waals surface area contributed by atoms with Gasteiger partial charge in [0, 0.05) is 4.47 Å². The molecule has 2 N–H and O–H groups in total. The number of nitrogens with one attached hydrogen (secondary N) is 1. The smallest absolute Gasteiger partial charge is 0.305 e. The van der Waals surface area contributed by atoms with Crippen LogP contribution in [-0.2, 0) is 19.4 Å². The van der Waals surface area contributed by atoms with Gasteiger partial charge in [-0.1, -0.05) is 0 Å². The second-order valence-corrected chi connectivity index (χ2v) is 7.19. The van der Waals surface area contributed by atoms with Gasteiger partial charge in [-0.3, -0.25) is 9.59 Å². The Kier molecular flexibility index (Phi) is 3.40. The molecule has 19 heavy (non-hydrogen) atoms. The van der Waals surface area contributed by atoms with Crippen LogP contribution in [0.2, 0.25) is 0 Å². The van der Waals surface area contributed by atoms with Crippen molar-refractivity contribution in [3.63, 3.8) is 0 Å². The molecule has 1 aliphatic rings. The number of aliphatic carboxylic acids is 1. The third-order valence-electron chi connectivity index (χ3n) is 2.78. The van der Waals surface area contributed by atoms with Gasteiger partial charge in [-0.05, 0) is 40.5 Å². The Morgan fingerprint density at radius 2 is 2.11 bits per heavy atom. The molecule has 102 valence electrons. The van der Waals surface area contributed by atoms with Gasteiger partial charge < -0.3 is 10.4 Å². The maximum absolute atomic E-state index is 12.3. The summed E-state index contributed by atoms with van der Waals surface area (Å²) in [5.74, 6) is -2.15. The van der Waals surface area contributed by atoms with Crippen LogP contribution in [0.1, 0.15) is 12.0 Å². The van der Waals surface area contributed by atoms with Gasteiger partial charge >= 0.3 is 5.97 Å². The summed E-state index contributed by atoms with van der Waals surface area (Å²) >= 11 is 3.19. The Hall–Kier alpha value is -1.41. The highest BCUT2D eigenvalue weighted by molar-refractivity contribution is 9.10. The standard InChI is InChI=1S/C11H10BrNO5S/c1-5-2-6(12)10-7(3-5)19(17,18)8(4-9(14)15)11(16)13-10/h2-3,8H,4H2,1H3,(H,13,16)(H,14,15). The molecular weight excluding hydrogens is 338 g/mol. The molecule has 1 aromatic rings. The predicted molar refractivity (Wildman–Crippen MR) is 70.7 cm³/mol. The average molecular weight is 348 g/mol. The highest BCUT2D eigenvalue weighted by Crippen LogP contribution is 2.37. The summed E-state index contributed by atoms with van der Waals surface area (Å²) in [6, 6.07) is 3.09. The number of carboxylic acids is 1. The third kappa shape index (κ3) is 2.37. The molecule has 0 radical (unpaired) electrons. The van der Waals surface area contributed by atoms with E-state index in [4.69, 9.17) is 5.11 Å². The highest BCUT2D eigenvalue weighted by Gasteiger charge is 2.42. The summed E-state index contributed by atoms with van der Waals surface area (Å²) in [4.78, 5) is 22.4. The maximum Gasteiger partial charge on any atom is 0.305 e. The van der Waals surface area contributed by atoms with Crippen LogP contribution in [0, 0.1) is 6.92 Å². The number of aryl methyl sites for hydroxylation is 1. The van der Waals surface area contributed by atoms with E-state index in [1.165, 1.54) is 6.07 Å². The second-order valence-electron chi connectivity index (χ2n) is 4.24. The number of anilines is 1. The molecule has 1 unspecified atom stereocenters. The van der Waals surface area contributed by atoms with Crippen LogP contribution >= 0.6 is 15.9 Å². The van der Waals surface area contributed by atoms with E-state index in [2.05, 4.69) is 21.2 Å². The van der Waals surface area contributed by atoms with Gasteiger partial charge in [0.2, 0.25) is 5.91 Å². The molecule has 0 bridgehead atoms. The first kappa shape index (κ1) is 14.0. The van der Waals surface area contributed by atoms with Crippen molar-refractivity contribution in [1.82, 2.24) is 0 Å². The molecule has 0 fully saturated rings. The zero-order chi connectivity index (χ0) is 14.4. The minimum Gasteiger partial charge on any atom is -0.481 e. The van der Waals surface area contributed by atoms with E-state index >= 15 is 0 Å². The molecule has 6 nitrogen and oxygen atoms in total. The number of carbonyl (C=O) groups is 2. The number of hydrogen-bond donors (Lipinski definition) is 2. The maximum atomic E-state index is 12.3. The van der Waals surface area contributed by atoms with Gasteiger partial charge in [-0.15, -0.1) is 0 Å². The molecule has 1 amide bonds. The summed E-state index contributed by atoms with van der Waals surface area (Å²) in [5, 5.41) is 9.57.